The Hall–Kier alpha value is -1.57. The van der Waals surface area contributed by atoms with Crippen LogP contribution in [-0.2, 0) is 11.3 Å². The molecule has 0 atom stereocenters. The van der Waals surface area contributed by atoms with Gasteiger partial charge in [-0.25, -0.2) is 0 Å². The number of amides is 1. The van der Waals surface area contributed by atoms with Gasteiger partial charge < -0.3 is 4.90 Å². The van der Waals surface area contributed by atoms with Crippen molar-refractivity contribution < 1.29 is 4.79 Å². The van der Waals surface area contributed by atoms with Crippen molar-refractivity contribution in [2.45, 2.75) is 13.5 Å². The predicted octanol–water partition coefficient (Wildman–Crippen LogP) is 1.98. The van der Waals surface area contributed by atoms with Crippen LogP contribution in [0.15, 0.2) is 42.0 Å². The van der Waals surface area contributed by atoms with E-state index >= 15 is 0 Å². The van der Waals surface area contributed by atoms with E-state index in [0.29, 0.717) is 6.54 Å². The highest BCUT2D eigenvalue weighted by molar-refractivity contribution is 5.91. The van der Waals surface area contributed by atoms with E-state index in [0.717, 1.165) is 12.1 Å². The zero-order valence-corrected chi connectivity index (χ0v) is 8.23. The lowest BCUT2D eigenvalue weighted by Gasteiger charge is -2.15. The van der Waals surface area contributed by atoms with E-state index in [9.17, 15) is 4.79 Å². The number of rotatable bonds is 2. The lowest BCUT2D eigenvalue weighted by molar-refractivity contribution is -0.125. The monoisotopic (exact) mass is 187 g/mol. The van der Waals surface area contributed by atoms with Gasteiger partial charge in [0.15, 0.2) is 0 Å². The summed E-state index contributed by atoms with van der Waals surface area (Å²) < 4.78 is 0. The molecule has 1 heterocycles. The first-order chi connectivity index (χ1) is 6.75. The SMILES string of the molecule is CC1=CC(=O)N(Cc2ccccc2)C1. The van der Waals surface area contributed by atoms with Crippen LogP contribution in [0.2, 0.25) is 0 Å². The molecular formula is C12H13NO. The molecule has 0 aromatic heterocycles. The highest BCUT2D eigenvalue weighted by Gasteiger charge is 2.18. The molecule has 0 radical (unpaired) electrons. The predicted molar refractivity (Wildman–Crippen MR) is 55.6 cm³/mol. The molecule has 0 fully saturated rings. The summed E-state index contributed by atoms with van der Waals surface area (Å²) in [5.41, 5.74) is 2.33. The van der Waals surface area contributed by atoms with Crippen LogP contribution in [0.3, 0.4) is 0 Å². The van der Waals surface area contributed by atoms with Gasteiger partial charge in [-0.15, -0.1) is 0 Å². The number of hydrogen-bond acceptors (Lipinski definition) is 1. The summed E-state index contributed by atoms with van der Waals surface area (Å²) in [6.45, 7) is 3.48. The maximum atomic E-state index is 11.4. The van der Waals surface area contributed by atoms with Gasteiger partial charge in [0.1, 0.15) is 0 Å². The first-order valence-corrected chi connectivity index (χ1v) is 4.76. The molecule has 72 valence electrons. The van der Waals surface area contributed by atoms with Crippen molar-refractivity contribution in [1.29, 1.82) is 0 Å². The summed E-state index contributed by atoms with van der Waals surface area (Å²) in [7, 11) is 0. The molecule has 0 unspecified atom stereocenters. The normalized spacial score (nSPS) is 15.9. The highest BCUT2D eigenvalue weighted by atomic mass is 16.2. The molecule has 0 saturated carbocycles. The minimum atomic E-state index is 0.131. The van der Waals surface area contributed by atoms with Gasteiger partial charge in [0.25, 0.3) is 0 Å². The van der Waals surface area contributed by atoms with Crippen LogP contribution in [-0.4, -0.2) is 17.4 Å². The summed E-state index contributed by atoms with van der Waals surface area (Å²) in [6.07, 6.45) is 1.71. The average molecular weight is 187 g/mol. The first-order valence-electron chi connectivity index (χ1n) is 4.76. The molecule has 0 N–H and O–H groups in total. The topological polar surface area (TPSA) is 20.3 Å². The molecule has 0 bridgehead atoms. The van der Waals surface area contributed by atoms with Gasteiger partial charge in [0, 0.05) is 19.2 Å². The van der Waals surface area contributed by atoms with Gasteiger partial charge in [-0.1, -0.05) is 30.3 Å². The first kappa shape index (κ1) is 9.00. The maximum Gasteiger partial charge on any atom is 0.247 e. The third-order valence-corrected chi connectivity index (χ3v) is 2.34. The molecule has 1 aromatic rings. The van der Waals surface area contributed by atoms with Crippen LogP contribution in [0, 0.1) is 0 Å². The highest BCUT2D eigenvalue weighted by Crippen LogP contribution is 2.13. The second-order valence-electron chi connectivity index (χ2n) is 3.67. The smallest absolute Gasteiger partial charge is 0.247 e. The lowest BCUT2D eigenvalue weighted by Crippen LogP contribution is -2.25. The molecule has 0 aliphatic carbocycles. The van der Waals surface area contributed by atoms with Crippen molar-refractivity contribution in [3.05, 3.63) is 47.5 Å². The van der Waals surface area contributed by atoms with E-state index in [1.165, 1.54) is 5.56 Å². The van der Waals surface area contributed by atoms with E-state index in [-0.39, 0.29) is 5.91 Å². The van der Waals surface area contributed by atoms with Crippen molar-refractivity contribution in [3.8, 4) is 0 Å². The fourth-order valence-electron chi connectivity index (χ4n) is 1.66. The second-order valence-corrected chi connectivity index (χ2v) is 3.67. The summed E-state index contributed by atoms with van der Waals surface area (Å²) in [6, 6.07) is 10.1. The van der Waals surface area contributed by atoms with E-state index in [2.05, 4.69) is 0 Å². The molecule has 0 saturated heterocycles. The fourth-order valence-corrected chi connectivity index (χ4v) is 1.66. The molecule has 1 aliphatic heterocycles. The van der Waals surface area contributed by atoms with Crippen LogP contribution < -0.4 is 0 Å². The van der Waals surface area contributed by atoms with E-state index in [1.807, 2.05) is 42.2 Å². The molecule has 2 rings (SSSR count). The molecule has 1 amide bonds. The van der Waals surface area contributed by atoms with Crippen molar-refractivity contribution in [3.63, 3.8) is 0 Å². The third kappa shape index (κ3) is 1.84. The summed E-state index contributed by atoms with van der Waals surface area (Å²) in [4.78, 5) is 13.3. The third-order valence-electron chi connectivity index (χ3n) is 2.34. The molecule has 2 nitrogen and oxygen atoms in total. The van der Waals surface area contributed by atoms with Gasteiger partial charge in [0.05, 0.1) is 0 Å². The van der Waals surface area contributed by atoms with E-state index < -0.39 is 0 Å². The zero-order valence-electron chi connectivity index (χ0n) is 8.23. The van der Waals surface area contributed by atoms with Crippen LogP contribution in [0.25, 0.3) is 0 Å². The summed E-state index contributed by atoms with van der Waals surface area (Å²) >= 11 is 0. The summed E-state index contributed by atoms with van der Waals surface area (Å²) in [5, 5.41) is 0. The van der Waals surface area contributed by atoms with Gasteiger partial charge in [0.2, 0.25) is 5.91 Å². The number of benzene rings is 1. The molecule has 2 heteroatoms. The van der Waals surface area contributed by atoms with Crippen LogP contribution in [0.5, 0.6) is 0 Å². The van der Waals surface area contributed by atoms with Crippen molar-refractivity contribution >= 4 is 5.91 Å². The van der Waals surface area contributed by atoms with E-state index in [1.54, 1.807) is 6.08 Å². The van der Waals surface area contributed by atoms with Crippen LogP contribution in [0.4, 0.5) is 0 Å². The molecule has 0 spiro atoms. The minimum absolute atomic E-state index is 0.131. The second kappa shape index (κ2) is 3.66. The Balaban J connectivity index is 2.04. The number of carbonyl (C=O) groups is 1. The van der Waals surface area contributed by atoms with Gasteiger partial charge >= 0.3 is 0 Å². The quantitative estimate of drug-likeness (QED) is 0.693. The van der Waals surface area contributed by atoms with E-state index in [4.69, 9.17) is 0 Å². The molecular weight excluding hydrogens is 174 g/mol. The molecule has 14 heavy (non-hydrogen) atoms. The van der Waals surface area contributed by atoms with Crippen LogP contribution >= 0.6 is 0 Å². The van der Waals surface area contributed by atoms with Crippen LogP contribution in [0.1, 0.15) is 12.5 Å². The average Bonchev–Trinajstić information content (AvgIpc) is 2.47. The number of nitrogens with zero attached hydrogens (tertiary/aromatic N) is 1. The standard InChI is InChI=1S/C12H13NO/c1-10-7-12(14)13(8-10)9-11-5-3-2-4-6-11/h2-7H,8-9H2,1H3. The molecule has 1 aliphatic rings. The van der Waals surface area contributed by atoms with Crippen molar-refractivity contribution in [2.75, 3.05) is 6.54 Å². The Morgan fingerprint density at radius 1 is 1.29 bits per heavy atom. The van der Waals surface area contributed by atoms with Gasteiger partial charge in [-0.3, -0.25) is 4.79 Å². The zero-order chi connectivity index (χ0) is 9.97. The minimum Gasteiger partial charge on any atom is -0.331 e. The summed E-state index contributed by atoms with van der Waals surface area (Å²) in [5.74, 6) is 0.131. The fraction of sp³-hybridized carbons (Fsp3) is 0.250. The van der Waals surface area contributed by atoms with Gasteiger partial charge in [-0.2, -0.15) is 0 Å². The van der Waals surface area contributed by atoms with Crippen molar-refractivity contribution in [1.82, 2.24) is 4.90 Å². The maximum absolute atomic E-state index is 11.4. The Labute approximate surface area is 83.8 Å². The Bertz CT molecular complexity index is 367. The lowest BCUT2D eigenvalue weighted by atomic mass is 10.2. The largest absolute Gasteiger partial charge is 0.331 e. The number of hydrogen-bond donors (Lipinski definition) is 0. The Morgan fingerprint density at radius 3 is 2.57 bits per heavy atom. The van der Waals surface area contributed by atoms with Crippen molar-refractivity contribution in [2.24, 2.45) is 0 Å². The molecule has 1 aromatic carbocycles. The Kier molecular flexibility index (Phi) is 2.35. The van der Waals surface area contributed by atoms with Gasteiger partial charge in [-0.05, 0) is 18.1 Å². The Morgan fingerprint density at radius 2 is 2.00 bits per heavy atom. The number of carbonyl (C=O) groups excluding carboxylic acids is 1.